The number of pyridine rings is 1. The van der Waals surface area contributed by atoms with Gasteiger partial charge in [-0.2, -0.15) is 0 Å². The fraction of sp³-hybridized carbons (Fsp3) is 0.500. The standard InChI is InChI=1S/C10H18N4/c11-5-4-9(12)7-13-8-10-3-1-2-6-14-10/h1-3,6,9,13H,4-5,7-8,11-12H2. The first-order valence-electron chi connectivity index (χ1n) is 4.89. The number of hydrogen-bond donors (Lipinski definition) is 3. The van der Waals surface area contributed by atoms with Crippen LogP contribution in [-0.4, -0.2) is 24.1 Å². The van der Waals surface area contributed by atoms with E-state index in [0.717, 1.165) is 25.2 Å². The molecule has 0 aliphatic rings. The van der Waals surface area contributed by atoms with E-state index in [1.165, 1.54) is 0 Å². The van der Waals surface area contributed by atoms with Crippen LogP contribution in [0.25, 0.3) is 0 Å². The Balaban J connectivity index is 2.16. The van der Waals surface area contributed by atoms with Crippen LogP contribution in [0.2, 0.25) is 0 Å². The van der Waals surface area contributed by atoms with E-state index in [2.05, 4.69) is 10.3 Å². The van der Waals surface area contributed by atoms with Gasteiger partial charge in [0.2, 0.25) is 0 Å². The summed E-state index contributed by atoms with van der Waals surface area (Å²) in [4.78, 5) is 4.19. The monoisotopic (exact) mass is 194 g/mol. The Hall–Kier alpha value is -0.970. The lowest BCUT2D eigenvalue weighted by atomic mass is 10.2. The van der Waals surface area contributed by atoms with Crippen molar-refractivity contribution in [3.05, 3.63) is 30.1 Å². The lowest BCUT2D eigenvalue weighted by Gasteiger charge is -2.10. The minimum Gasteiger partial charge on any atom is -0.330 e. The van der Waals surface area contributed by atoms with Crippen molar-refractivity contribution >= 4 is 0 Å². The van der Waals surface area contributed by atoms with Crippen LogP contribution in [0, 0.1) is 0 Å². The van der Waals surface area contributed by atoms with E-state index in [0.29, 0.717) is 6.54 Å². The number of aromatic nitrogens is 1. The van der Waals surface area contributed by atoms with E-state index < -0.39 is 0 Å². The molecule has 0 aromatic carbocycles. The Morgan fingerprint density at radius 1 is 1.43 bits per heavy atom. The second-order valence-corrected chi connectivity index (χ2v) is 3.29. The maximum Gasteiger partial charge on any atom is 0.0541 e. The van der Waals surface area contributed by atoms with Crippen LogP contribution >= 0.6 is 0 Å². The van der Waals surface area contributed by atoms with Gasteiger partial charge in [0.05, 0.1) is 5.69 Å². The molecule has 0 aliphatic carbocycles. The normalized spacial score (nSPS) is 12.7. The van der Waals surface area contributed by atoms with E-state index >= 15 is 0 Å². The SMILES string of the molecule is NCCC(N)CNCc1ccccn1. The molecule has 78 valence electrons. The largest absolute Gasteiger partial charge is 0.330 e. The van der Waals surface area contributed by atoms with Crippen molar-refractivity contribution < 1.29 is 0 Å². The highest BCUT2D eigenvalue weighted by Crippen LogP contribution is 1.92. The van der Waals surface area contributed by atoms with E-state index in [9.17, 15) is 0 Å². The van der Waals surface area contributed by atoms with Gasteiger partial charge in [-0.1, -0.05) is 6.07 Å². The third-order valence-electron chi connectivity index (χ3n) is 1.98. The molecule has 1 unspecified atom stereocenters. The van der Waals surface area contributed by atoms with Gasteiger partial charge in [0.25, 0.3) is 0 Å². The van der Waals surface area contributed by atoms with Crippen molar-refractivity contribution in [2.24, 2.45) is 11.5 Å². The molecule has 1 atom stereocenters. The summed E-state index contributed by atoms with van der Waals surface area (Å²) in [5.74, 6) is 0. The third kappa shape index (κ3) is 4.32. The summed E-state index contributed by atoms with van der Waals surface area (Å²) in [6.07, 6.45) is 2.64. The second kappa shape index (κ2) is 6.48. The van der Waals surface area contributed by atoms with Crippen LogP contribution < -0.4 is 16.8 Å². The van der Waals surface area contributed by atoms with Gasteiger partial charge in [-0.15, -0.1) is 0 Å². The van der Waals surface area contributed by atoms with Gasteiger partial charge in [0.1, 0.15) is 0 Å². The Morgan fingerprint density at radius 2 is 2.29 bits per heavy atom. The molecular weight excluding hydrogens is 176 g/mol. The Kier molecular flexibility index (Phi) is 5.14. The first-order chi connectivity index (χ1) is 6.83. The molecule has 0 spiro atoms. The predicted octanol–water partition coefficient (Wildman–Crippen LogP) is -0.153. The maximum absolute atomic E-state index is 5.79. The van der Waals surface area contributed by atoms with Crippen LogP contribution in [-0.2, 0) is 6.54 Å². The number of nitrogens with one attached hydrogen (secondary N) is 1. The van der Waals surface area contributed by atoms with Crippen LogP contribution in [0.3, 0.4) is 0 Å². The summed E-state index contributed by atoms with van der Waals surface area (Å²) < 4.78 is 0. The molecule has 0 fully saturated rings. The van der Waals surface area contributed by atoms with Gasteiger partial charge < -0.3 is 16.8 Å². The molecule has 0 radical (unpaired) electrons. The average molecular weight is 194 g/mol. The summed E-state index contributed by atoms with van der Waals surface area (Å²) in [5.41, 5.74) is 12.2. The van der Waals surface area contributed by atoms with Gasteiger partial charge >= 0.3 is 0 Å². The smallest absolute Gasteiger partial charge is 0.0541 e. The van der Waals surface area contributed by atoms with Gasteiger partial charge in [-0.05, 0) is 25.1 Å². The minimum absolute atomic E-state index is 0.142. The summed E-state index contributed by atoms with van der Waals surface area (Å²) in [7, 11) is 0. The molecule has 4 nitrogen and oxygen atoms in total. The molecule has 0 saturated carbocycles. The molecule has 14 heavy (non-hydrogen) atoms. The molecule has 1 aromatic rings. The van der Waals surface area contributed by atoms with Gasteiger partial charge in [-0.25, -0.2) is 0 Å². The highest BCUT2D eigenvalue weighted by molar-refractivity contribution is 5.02. The fourth-order valence-electron chi connectivity index (χ4n) is 1.20. The van der Waals surface area contributed by atoms with E-state index in [4.69, 9.17) is 11.5 Å². The highest BCUT2D eigenvalue weighted by atomic mass is 14.9. The Morgan fingerprint density at radius 3 is 2.93 bits per heavy atom. The fourth-order valence-corrected chi connectivity index (χ4v) is 1.20. The molecular formula is C10H18N4. The zero-order chi connectivity index (χ0) is 10.2. The molecule has 5 N–H and O–H groups in total. The molecule has 0 saturated heterocycles. The first kappa shape index (κ1) is 11.1. The number of nitrogens with zero attached hydrogens (tertiary/aromatic N) is 1. The second-order valence-electron chi connectivity index (χ2n) is 3.29. The lowest BCUT2D eigenvalue weighted by Crippen LogP contribution is -2.35. The molecule has 1 aromatic heterocycles. The maximum atomic E-state index is 5.79. The zero-order valence-corrected chi connectivity index (χ0v) is 8.32. The van der Waals surface area contributed by atoms with Crippen molar-refractivity contribution in [2.45, 2.75) is 19.0 Å². The third-order valence-corrected chi connectivity index (χ3v) is 1.98. The predicted molar refractivity (Wildman–Crippen MR) is 57.6 cm³/mol. The van der Waals surface area contributed by atoms with Crippen molar-refractivity contribution in [1.29, 1.82) is 0 Å². The van der Waals surface area contributed by atoms with Gasteiger partial charge in [-0.3, -0.25) is 4.98 Å². The van der Waals surface area contributed by atoms with Crippen molar-refractivity contribution in [3.8, 4) is 0 Å². The summed E-state index contributed by atoms with van der Waals surface area (Å²) in [6.45, 7) is 2.19. The summed E-state index contributed by atoms with van der Waals surface area (Å²) >= 11 is 0. The zero-order valence-electron chi connectivity index (χ0n) is 8.32. The van der Waals surface area contributed by atoms with Crippen LogP contribution in [0.4, 0.5) is 0 Å². The van der Waals surface area contributed by atoms with E-state index in [1.807, 2.05) is 18.2 Å². The highest BCUT2D eigenvalue weighted by Gasteiger charge is 2.00. The Bertz CT molecular complexity index is 237. The number of nitrogens with two attached hydrogens (primary N) is 2. The van der Waals surface area contributed by atoms with Crippen LogP contribution in [0.1, 0.15) is 12.1 Å². The Labute approximate surface area is 84.7 Å². The van der Waals surface area contributed by atoms with E-state index in [-0.39, 0.29) is 6.04 Å². The van der Waals surface area contributed by atoms with Crippen LogP contribution in [0.15, 0.2) is 24.4 Å². The van der Waals surface area contributed by atoms with Crippen molar-refractivity contribution in [3.63, 3.8) is 0 Å². The number of rotatable bonds is 6. The summed E-state index contributed by atoms with van der Waals surface area (Å²) in [6, 6.07) is 6.01. The van der Waals surface area contributed by atoms with Gasteiger partial charge in [0, 0.05) is 25.3 Å². The minimum atomic E-state index is 0.142. The molecule has 0 amide bonds. The average Bonchev–Trinajstić information content (AvgIpc) is 2.20. The first-order valence-corrected chi connectivity index (χ1v) is 4.89. The number of hydrogen-bond acceptors (Lipinski definition) is 4. The van der Waals surface area contributed by atoms with Crippen molar-refractivity contribution in [1.82, 2.24) is 10.3 Å². The van der Waals surface area contributed by atoms with Crippen LogP contribution in [0.5, 0.6) is 0 Å². The lowest BCUT2D eigenvalue weighted by molar-refractivity contribution is 0.546. The van der Waals surface area contributed by atoms with Gasteiger partial charge in [0.15, 0.2) is 0 Å². The molecule has 0 aliphatic heterocycles. The molecule has 0 bridgehead atoms. The van der Waals surface area contributed by atoms with E-state index in [1.54, 1.807) is 6.20 Å². The topological polar surface area (TPSA) is 77.0 Å². The molecule has 1 heterocycles. The molecule has 4 heteroatoms. The molecule has 1 rings (SSSR count). The van der Waals surface area contributed by atoms with Crippen molar-refractivity contribution in [2.75, 3.05) is 13.1 Å². The summed E-state index contributed by atoms with van der Waals surface area (Å²) in [5, 5.41) is 3.24. The quantitative estimate of drug-likeness (QED) is 0.588.